The molecule has 18 heteroatoms. The molecule has 2 atom stereocenters. The summed E-state index contributed by atoms with van der Waals surface area (Å²) in [6, 6.07) is 0.918. The van der Waals surface area contributed by atoms with Crippen LogP contribution in [0.15, 0.2) is 0 Å². The highest BCUT2D eigenvalue weighted by Crippen LogP contribution is 2.20. The van der Waals surface area contributed by atoms with E-state index in [-0.39, 0.29) is 36.5 Å². The summed E-state index contributed by atoms with van der Waals surface area (Å²) in [5, 5.41) is 28.3. The van der Waals surface area contributed by atoms with Crippen LogP contribution in [0.25, 0.3) is 0 Å². The molecule has 4 aliphatic rings. The van der Waals surface area contributed by atoms with Gasteiger partial charge in [-0.05, 0) is 78.6 Å². The Labute approximate surface area is 398 Å². The number of unbranched alkanes of at least 4 members (excludes halogenated alkanes) is 2. The number of carbonyl (C=O) groups is 6. The van der Waals surface area contributed by atoms with E-state index in [2.05, 4.69) is 92.5 Å². The van der Waals surface area contributed by atoms with Crippen LogP contribution in [-0.4, -0.2) is 219 Å². The van der Waals surface area contributed by atoms with Crippen LogP contribution < -0.4 is 21.3 Å². The lowest BCUT2D eigenvalue weighted by Crippen LogP contribution is -2.50. The summed E-state index contributed by atoms with van der Waals surface area (Å²) < 4.78 is 0. The number of nitrogens with zero attached hydrogens (tertiary/aromatic N) is 6. The molecule has 0 aromatic heterocycles. The highest BCUT2D eigenvalue weighted by molar-refractivity contribution is 5.79. The Hall–Kier alpha value is -3.42. The van der Waals surface area contributed by atoms with Gasteiger partial charge in [0.05, 0.1) is 13.1 Å². The van der Waals surface area contributed by atoms with Crippen LogP contribution in [0.5, 0.6) is 0 Å². The summed E-state index contributed by atoms with van der Waals surface area (Å²) in [6.07, 6.45) is 12.7. The number of aliphatic carboxylic acids is 2. The van der Waals surface area contributed by atoms with Gasteiger partial charge in [0.2, 0.25) is 23.6 Å². The zero-order valence-electron chi connectivity index (χ0n) is 42.2. The molecule has 0 aromatic carbocycles. The molecule has 18 nitrogen and oxygen atoms in total. The van der Waals surface area contributed by atoms with Crippen LogP contribution >= 0.6 is 0 Å². The van der Waals surface area contributed by atoms with Crippen molar-refractivity contribution >= 4 is 35.6 Å². The predicted octanol–water partition coefficient (Wildman–Crippen LogP) is 2.76. The van der Waals surface area contributed by atoms with Gasteiger partial charge in [0, 0.05) is 129 Å². The van der Waals surface area contributed by atoms with Crippen LogP contribution in [0.3, 0.4) is 0 Å². The molecule has 0 aliphatic carbocycles. The first-order chi connectivity index (χ1) is 31.7. The number of likely N-dealkylation sites (tertiary alicyclic amines) is 2. The highest BCUT2D eigenvalue weighted by atomic mass is 16.4. The third kappa shape index (κ3) is 31.5. The Morgan fingerprint density at radius 1 is 0.439 bits per heavy atom. The minimum atomic E-state index is -0.856. The van der Waals surface area contributed by atoms with Gasteiger partial charge in [0.1, 0.15) is 0 Å². The lowest BCUT2D eigenvalue weighted by Gasteiger charge is -2.36. The van der Waals surface area contributed by atoms with Gasteiger partial charge in [-0.3, -0.25) is 48.4 Å². The lowest BCUT2D eigenvalue weighted by molar-refractivity contribution is -0.138. The number of carboxylic acids is 2. The van der Waals surface area contributed by atoms with Crippen molar-refractivity contribution in [1.29, 1.82) is 0 Å². The monoisotopic (exact) mass is 961 g/mol. The van der Waals surface area contributed by atoms with Crippen LogP contribution in [0, 0.1) is 0 Å². The second-order valence-electron chi connectivity index (χ2n) is 18.3. The average Bonchev–Trinajstić information content (AvgIpc) is 3.93. The standard InChI is InChI=1S/2C20H37N5O4.2C4H10/c2*1-23-11-13-24(14-12-23)15-17-5-4-10-25(17)16-19(27)22-8-2-6-18(26)21-9-3-7-20(28)29;2*1-3-4-2/h2*17H,2-16H2,1H3,(H,21,26)(H,22,27)(H,28,29);2*3-4H2,1-2H3/i4+1,5+1,10+1,11+1,13+1,15+1,16+1,17+1,23+1,24+1,25+1;4+1,5+1,6+1,10+1,11+1,13+1,15+1,17+1,23+1,24+1,25+1;;. The number of rotatable bonds is 26. The first kappa shape index (κ1) is 60.6. The Balaban J connectivity index is 0.000000567. The van der Waals surface area contributed by atoms with Crippen molar-refractivity contribution in [2.75, 3.05) is 132 Å². The van der Waals surface area contributed by atoms with Gasteiger partial charge < -0.3 is 41.3 Å². The van der Waals surface area contributed by atoms with E-state index in [1.165, 1.54) is 25.7 Å². The fraction of sp³-hybridized carbons (Fsp3) is 0.875. The molecule has 4 rings (SSSR count). The average molecular weight is 961 g/mol. The molecule has 0 saturated carbocycles. The maximum Gasteiger partial charge on any atom is 0.303 e. The van der Waals surface area contributed by atoms with Crippen molar-refractivity contribution in [2.45, 2.75) is 143 Å². The van der Waals surface area contributed by atoms with Crippen molar-refractivity contribution in [2.24, 2.45) is 0 Å². The Morgan fingerprint density at radius 3 is 1.05 bits per heavy atom. The minimum absolute atomic E-state index is 0.0251. The molecular weight excluding hydrogens is 866 g/mol. The van der Waals surface area contributed by atoms with E-state index in [0.717, 1.165) is 104 Å². The molecule has 6 N–H and O–H groups in total. The van der Waals surface area contributed by atoms with Gasteiger partial charge in [-0.1, -0.05) is 53.4 Å². The number of piperazine rings is 2. The first-order valence-electron chi connectivity index (χ1n) is 25.5. The van der Waals surface area contributed by atoms with E-state index < -0.39 is 11.9 Å². The molecule has 4 saturated heterocycles. The van der Waals surface area contributed by atoms with E-state index in [9.17, 15) is 28.8 Å². The van der Waals surface area contributed by atoms with Gasteiger partial charge in [-0.15, -0.1) is 0 Å². The number of carbonyl (C=O) groups excluding carboxylic acids is 4. The molecule has 2 unspecified atom stereocenters. The highest BCUT2D eigenvalue weighted by Gasteiger charge is 2.30. The second-order valence-corrected chi connectivity index (χ2v) is 18.3. The summed E-state index contributed by atoms with van der Waals surface area (Å²) in [5.41, 5.74) is 0. The third-order valence-electron chi connectivity index (χ3n) is 12.4. The van der Waals surface area contributed by atoms with Crippen molar-refractivity contribution in [3.63, 3.8) is 0 Å². The van der Waals surface area contributed by atoms with E-state index in [1.54, 1.807) is 0 Å². The smallest absolute Gasteiger partial charge is 0.303 e. The molecule has 0 bridgehead atoms. The maximum absolute atomic E-state index is 12.3. The zero-order valence-corrected chi connectivity index (χ0v) is 42.2. The number of carboxylic acid groups (broad SMARTS) is 2. The van der Waals surface area contributed by atoms with E-state index in [1.807, 2.05) is 0 Å². The SMILES string of the molecule is CCCC.CCCC.C[15N]1CC[15N]([13CH2][13CH]2[13CH2][13CH2][13CH2][15N]2CC(=O)NCC[13CH2]C(=O)NCCCC(=O)O)[13CH2][13CH2]1.C[15N]1CC[15N]([13CH2][13CH]2[13CH2][13CH2][13CH2][15N]2[13CH2]C(=O)NCCCC(=O)NCCCC(=O)O)[13CH2][13CH2]1. The van der Waals surface area contributed by atoms with Crippen LogP contribution in [0.1, 0.15) is 130 Å². The summed E-state index contributed by atoms with van der Waals surface area (Å²) in [4.78, 5) is 83.0. The topological polar surface area (TPSA) is 210 Å². The van der Waals surface area contributed by atoms with Crippen LogP contribution in [0.4, 0.5) is 0 Å². The van der Waals surface area contributed by atoms with Crippen LogP contribution in [-0.2, 0) is 28.8 Å². The number of hydrogen-bond acceptors (Lipinski definition) is 12. The van der Waals surface area contributed by atoms with E-state index in [4.69, 9.17) is 10.2 Å². The zero-order chi connectivity index (χ0) is 49.0. The van der Waals surface area contributed by atoms with Gasteiger partial charge >= 0.3 is 11.9 Å². The van der Waals surface area contributed by atoms with Gasteiger partial charge in [-0.25, -0.2) is 0 Å². The van der Waals surface area contributed by atoms with E-state index in [0.29, 0.717) is 89.9 Å². The summed E-state index contributed by atoms with van der Waals surface area (Å²) in [5.74, 6) is -1.86. The second kappa shape index (κ2) is 38.5. The number of hydrogen-bond donors (Lipinski definition) is 6. The Kier molecular flexibility index (Phi) is 35.4. The lowest BCUT2D eigenvalue weighted by atomic mass is 10.2. The molecule has 0 radical (unpaired) electrons. The molecular formula is C48H94N10O8. The number of amides is 4. The number of nitrogens with one attached hydrogen (secondary N) is 4. The first-order valence-corrected chi connectivity index (χ1v) is 25.5. The predicted molar refractivity (Wildman–Crippen MR) is 262 cm³/mol. The Bertz CT molecular complexity index is 1230. The molecule has 4 amide bonds. The van der Waals surface area contributed by atoms with Crippen molar-refractivity contribution in [3.8, 4) is 0 Å². The molecule has 4 aliphatic heterocycles. The fourth-order valence-corrected chi connectivity index (χ4v) is 7.82. The van der Waals surface area contributed by atoms with Gasteiger partial charge in [0.25, 0.3) is 0 Å². The molecule has 4 heterocycles. The van der Waals surface area contributed by atoms with Crippen molar-refractivity contribution in [3.05, 3.63) is 0 Å². The molecule has 384 valence electrons. The number of likely N-dealkylation sites (N-methyl/N-ethyl adjacent to an activating group) is 2. The van der Waals surface area contributed by atoms with Crippen LogP contribution in [0.2, 0.25) is 0 Å². The third-order valence-corrected chi connectivity index (χ3v) is 12.4. The van der Waals surface area contributed by atoms with E-state index >= 15 is 0 Å². The van der Waals surface area contributed by atoms with Gasteiger partial charge in [0.15, 0.2) is 0 Å². The minimum Gasteiger partial charge on any atom is -0.481 e. The van der Waals surface area contributed by atoms with Crippen molar-refractivity contribution in [1.82, 2.24) is 50.7 Å². The quantitative estimate of drug-likeness (QED) is 0.0419. The normalized spacial score (nSPS) is 19.5. The van der Waals surface area contributed by atoms with Gasteiger partial charge in [-0.2, -0.15) is 0 Å². The fourth-order valence-electron chi connectivity index (χ4n) is 7.82. The Morgan fingerprint density at radius 2 is 0.742 bits per heavy atom. The maximum atomic E-state index is 12.3. The molecule has 0 spiro atoms. The summed E-state index contributed by atoms with van der Waals surface area (Å²) in [7, 11) is 4.32. The van der Waals surface area contributed by atoms with Crippen molar-refractivity contribution < 1.29 is 39.0 Å². The molecule has 66 heavy (non-hydrogen) atoms. The largest absolute Gasteiger partial charge is 0.481 e. The molecule has 0 aromatic rings. The summed E-state index contributed by atoms with van der Waals surface area (Å²) >= 11 is 0. The summed E-state index contributed by atoms with van der Waals surface area (Å²) in [6.45, 7) is 24.2. The molecule has 4 fully saturated rings.